The Bertz CT molecular complexity index is 1100. The van der Waals surface area contributed by atoms with Crippen molar-refractivity contribution in [1.29, 1.82) is 0 Å². The highest BCUT2D eigenvalue weighted by atomic mass is 19.1. The van der Waals surface area contributed by atoms with Gasteiger partial charge in [-0.25, -0.2) is 13.5 Å². The summed E-state index contributed by atoms with van der Waals surface area (Å²) < 4.78 is 29.3. The lowest BCUT2D eigenvalue weighted by Gasteiger charge is -2.32. The van der Waals surface area contributed by atoms with E-state index in [1.165, 1.54) is 0 Å². The smallest absolute Gasteiger partial charge is 0.256 e. The molecule has 1 amide bonds. The summed E-state index contributed by atoms with van der Waals surface area (Å²) in [5, 5.41) is 14.2. The van der Waals surface area contributed by atoms with Gasteiger partial charge in [0.25, 0.3) is 5.91 Å². The van der Waals surface area contributed by atoms with E-state index in [0.717, 1.165) is 28.7 Å². The van der Waals surface area contributed by atoms with E-state index in [0.29, 0.717) is 32.0 Å². The van der Waals surface area contributed by atoms with Gasteiger partial charge in [-0.1, -0.05) is 18.2 Å². The molecule has 156 valence electrons. The number of para-hydroxylation sites is 1. The summed E-state index contributed by atoms with van der Waals surface area (Å²) in [5.41, 5.74) is 3.87. The maximum atomic E-state index is 14.0. The highest BCUT2D eigenvalue weighted by Gasteiger charge is 2.29. The lowest BCUT2D eigenvalue weighted by Crippen LogP contribution is -2.38. The number of aromatic hydroxyl groups is 1. The van der Waals surface area contributed by atoms with Crippen molar-refractivity contribution < 1.29 is 18.7 Å². The van der Waals surface area contributed by atoms with Crippen LogP contribution >= 0.6 is 0 Å². The molecule has 0 aliphatic carbocycles. The van der Waals surface area contributed by atoms with Crippen LogP contribution in [0.1, 0.15) is 46.1 Å². The molecule has 0 radical (unpaired) electrons. The Morgan fingerprint density at radius 3 is 2.47 bits per heavy atom. The van der Waals surface area contributed by atoms with Crippen LogP contribution in [-0.2, 0) is 0 Å². The molecule has 1 fully saturated rings. The number of hydrogen-bond acceptors (Lipinski definition) is 3. The number of nitrogens with zero attached hydrogens (tertiary/aromatic N) is 3. The number of phenols is 1. The van der Waals surface area contributed by atoms with Crippen LogP contribution < -0.4 is 0 Å². The van der Waals surface area contributed by atoms with Crippen LogP contribution in [0.3, 0.4) is 0 Å². The number of phenolic OH excluding ortho intramolecular Hbond substituents is 1. The van der Waals surface area contributed by atoms with Crippen molar-refractivity contribution in [3.05, 3.63) is 76.6 Å². The lowest BCUT2D eigenvalue weighted by atomic mass is 9.92. The number of rotatable bonds is 3. The highest BCUT2D eigenvalue weighted by Crippen LogP contribution is 2.32. The van der Waals surface area contributed by atoms with Gasteiger partial charge in [0.05, 0.1) is 16.9 Å². The Morgan fingerprint density at radius 2 is 1.77 bits per heavy atom. The summed E-state index contributed by atoms with van der Waals surface area (Å²) in [6, 6.07) is 11.5. The van der Waals surface area contributed by atoms with Gasteiger partial charge in [0, 0.05) is 30.8 Å². The second kappa shape index (κ2) is 7.89. The Kier molecular flexibility index (Phi) is 5.28. The largest absolute Gasteiger partial charge is 0.505 e. The molecular formula is C23H23F2N3O2. The minimum Gasteiger partial charge on any atom is -0.505 e. The van der Waals surface area contributed by atoms with Gasteiger partial charge in [0.1, 0.15) is 5.82 Å². The van der Waals surface area contributed by atoms with E-state index >= 15 is 0 Å². The molecule has 5 nitrogen and oxygen atoms in total. The molecule has 1 aliphatic rings. The van der Waals surface area contributed by atoms with E-state index in [1.807, 2.05) is 42.8 Å². The monoisotopic (exact) mass is 411 g/mol. The lowest BCUT2D eigenvalue weighted by molar-refractivity contribution is 0.0706. The van der Waals surface area contributed by atoms with E-state index in [9.17, 15) is 18.7 Å². The van der Waals surface area contributed by atoms with Crippen molar-refractivity contribution >= 4 is 5.91 Å². The van der Waals surface area contributed by atoms with Crippen molar-refractivity contribution in [3.63, 3.8) is 0 Å². The van der Waals surface area contributed by atoms with Gasteiger partial charge in [0.2, 0.25) is 0 Å². The zero-order chi connectivity index (χ0) is 21.4. The number of carbonyl (C=O) groups is 1. The zero-order valence-electron chi connectivity index (χ0n) is 16.9. The maximum Gasteiger partial charge on any atom is 0.256 e. The topological polar surface area (TPSA) is 58.4 Å². The Hall–Kier alpha value is -3.22. The first-order valence-electron chi connectivity index (χ1n) is 9.95. The predicted octanol–water partition coefficient (Wildman–Crippen LogP) is 4.49. The molecular weight excluding hydrogens is 388 g/mol. The first kappa shape index (κ1) is 20.1. The van der Waals surface area contributed by atoms with Crippen LogP contribution in [0.15, 0.2) is 42.5 Å². The average molecular weight is 411 g/mol. The van der Waals surface area contributed by atoms with Gasteiger partial charge in [-0.2, -0.15) is 5.10 Å². The van der Waals surface area contributed by atoms with E-state index in [2.05, 4.69) is 11.2 Å². The zero-order valence-corrected chi connectivity index (χ0v) is 16.9. The van der Waals surface area contributed by atoms with E-state index in [1.54, 1.807) is 4.90 Å². The fourth-order valence-electron chi connectivity index (χ4n) is 4.05. The molecule has 1 aliphatic heterocycles. The highest BCUT2D eigenvalue weighted by molar-refractivity contribution is 5.95. The number of aromatic nitrogens is 2. The number of hydrogen-bond donors (Lipinski definition) is 1. The number of amides is 1. The van der Waals surface area contributed by atoms with Crippen molar-refractivity contribution in [2.45, 2.75) is 32.6 Å². The van der Waals surface area contributed by atoms with Gasteiger partial charge >= 0.3 is 0 Å². The molecule has 1 N–H and O–H groups in total. The number of likely N-dealkylation sites (tertiary alicyclic amines) is 1. The summed E-state index contributed by atoms with van der Waals surface area (Å²) in [5.74, 6) is -3.10. The third kappa shape index (κ3) is 3.67. The summed E-state index contributed by atoms with van der Waals surface area (Å²) in [4.78, 5) is 14.2. The van der Waals surface area contributed by atoms with Crippen LogP contribution in [0.5, 0.6) is 5.75 Å². The van der Waals surface area contributed by atoms with Crippen LogP contribution in [0, 0.1) is 25.5 Å². The molecule has 2 heterocycles. The van der Waals surface area contributed by atoms with E-state index < -0.39 is 23.3 Å². The summed E-state index contributed by atoms with van der Waals surface area (Å²) in [7, 11) is 0. The molecule has 1 aromatic heterocycles. The number of carbonyl (C=O) groups excluding carboxylic acids is 1. The van der Waals surface area contributed by atoms with Crippen LogP contribution in [-0.4, -0.2) is 38.8 Å². The summed E-state index contributed by atoms with van der Waals surface area (Å²) in [6.45, 7) is 4.89. The third-order valence-corrected chi connectivity index (χ3v) is 5.67. The SMILES string of the molecule is Cc1cc(C2CCN(C(=O)c3cc(O)c(F)cc3F)CC2)n(-c2ccccc2C)n1. The predicted molar refractivity (Wildman–Crippen MR) is 109 cm³/mol. The molecule has 4 rings (SSSR count). The van der Waals surface area contributed by atoms with Gasteiger partial charge in [0.15, 0.2) is 11.6 Å². The molecule has 30 heavy (non-hydrogen) atoms. The third-order valence-electron chi connectivity index (χ3n) is 5.67. The maximum absolute atomic E-state index is 14.0. The first-order valence-corrected chi connectivity index (χ1v) is 9.95. The van der Waals surface area contributed by atoms with Crippen LogP contribution in [0.25, 0.3) is 5.69 Å². The second-order valence-electron chi connectivity index (χ2n) is 7.76. The summed E-state index contributed by atoms with van der Waals surface area (Å²) >= 11 is 0. The van der Waals surface area contributed by atoms with Gasteiger partial charge < -0.3 is 10.0 Å². The fraction of sp³-hybridized carbons (Fsp3) is 0.304. The molecule has 3 aromatic rings. The van der Waals surface area contributed by atoms with E-state index in [-0.39, 0.29) is 11.5 Å². The molecule has 2 aromatic carbocycles. The Labute approximate surface area is 173 Å². The standard InChI is InChI=1S/C23H23F2N3O2/c1-14-5-3-4-6-20(14)28-21(11-15(2)26-28)16-7-9-27(10-8-16)23(30)17-12-22(29)19(25)13-18(17)24/h3-6,11-13,16,29H,7-10H2,1-2H3. The molecule has 0 unspecified atom stereocenters. The minimum absolute atomic E-state index is 0.210. The fourth-order valence-corrected chi connectivity index (χ4v) is 4.05. The van der Waals surface area contributed by atoms with Crippen LogP contribution in [0.4, 0.5) is 8.78 Å². The molecule has 0 atom stereocenters. The minimum atomic E-state index is -1.08. The Balaban J connectivity index is 1.53. The summed E-state index contributed by atoms with van der Waals surface area (Å²) in [6.07, 6.45) is 1.41. The molecule has 0 spiro atoms. The quantitative estimate of drug-likeness (QED) is 0.691. The number of benzene rings is 2. The molecule has 0 bridgehead atoms. The van der Waals surface area contributed by atoms with Gasteiger partial charge in [-0.15, -0.1) is 0 Å². The number of aryl methyl sites for hydroxylation is 2. The van der Waals surface area contributed by atoms with Crippen molar-refractivity contribution in [2.24, 2.45) is 0 Å². The van der Waals surface area contributed by atoms with Gasteiger partial charge in [-0.05, 0) is 50.5 Å². The Morgan fingerprint density at radius 1 is 1.07 bits per heavy atom. The van der Waals surface area contributed by atoms with Crippen LogP contribution in [0.2, 0.25) is 0 Å². The van der Waals surface area contributed by atoms with Crippen molar-refractivity contribution in [3.8, 4) is 11.4 Å². The van der Waals surface area contributed by atoms with E-state index in [4.69, 9.17) is 0 Å². The molecule has 0 saturated carbocycles. The van der Waals surface area contributed by atoms with Gasteiger partial charge in [-0.3, -0.25) is 4.79 Å². The molecule has 1 saturated heterocycles. The number of halogens is 2. The second-order valence-corrected chi connectivity index (χ2v) is 7.76. The number of piperidine rings is 1. The van der Waals surface area contributed by atoms with Crippen molar-refractivity contribution in [1.82, 2.24) is 14.7 Å². The normalized spacial score (nSPS) is 14.9. The first-order chi connectivity index (χ1) is 14.3. The average Bonchev–Trinajstić information content (AvgIpc) is 3.12. The van der Waals surface area contributed by atoms with Crippen molar-refractivity contribution in [2.75, 3.05) is 13.1 Å². The molecule has 7 heteroatoms.